The molecule has 0 saturated carbocycles. The molecule has 0 amide bonds. The molecule has 0 radical (unpaired) electrons. The van der Waals surface area contributed by atoms with E-state index in [1.54, 1.807) is 18.5 Å². The van der Waals surface area contributed by atoms with Gasteiger partial charge in [0.2, 0.25) is 5.95 Å². The summed E-state index contributed by atoms with van der Waals surface area (Å²) in [5.41, 5.74) is 2.55. The van der Waals surface area contributed by atoms with Gasteiger partial charge in [-0.15, -0.1) is 0 Å². The number of nitrogens with one attached hydrogen (secondary N) is 1. The molecule has 0 atom stereocenters. The Morgan fingerprint density at radius 3 is 2.53 bits per heavy atom. The van der Waals surface area contributed by atoms with Crippen LogP contribution in [0.3, 0.4) is 0 Å². The average molecular weight is 199 g/mol. The van der Waals surface area contributed by atoms with E-state index in [1.165, 1.54) is 11.1 Å². The fraction of sp³-hybridized carbons (Fsp3) is 0.167. The van der Waals surface area contributed by atoms with Gasteiger partial charge in [0.15, 0.2) is 0 Å². The minimum atomic E-state index is 0.667. The topological polar surface area (TPSA) is 37.8 Å². The van der Waals surface area contributed by atoms with Crippen LogP contribution in [-0.4, -0.2) is 9.97 Å². The molecule has 0 bridgehead atoms. The van der Waals surface area contributed by atoms with Crippen LogP contribution in [0.15, 0.2) is 42.7 Å². The van der Waals surface area contributed by atoms with E-state index >= 15 is 0 Å². The quantitative estimate of drug-likeness (QED) is 0.824. The van der Waals surface area contributed by atoms with Crippen molar-refractivity contribution >= 4 is 5.95 Å². The Labute approximate surface area is 89.2 Å². The molecule has 0 unspecified atom stereocenters. The Bertz CT molecular complexity index is 426. The summed E-state index contributed by atoms with van der Waals surface area (Å²) in [6, 6.07) is 10.1. The van der Waals surface area contributed by atoms with E-state index in [9.17, 15) is 0 Å². The second-order valence-corrected chi connectivity index (χ2v) is 3.35. The first kappa shape index (κ1) is 9.65. The molecule has 0 aliphatic carbocycles. The van der Waals surface area contributed by atoms with Gasteiger partial charge in [0.05, 0.1) is 0 Å². The van der Waals surface area contributed by atoms with Gasteiger partial charge in [0.1, 0.15) is 0 Å². The van der Waals surface area contributed by atoms with Gasteiger partial charge in [-0.3, -0.25) is 0 Å². The second kappa shape index (κ2) is 4.55. The monoisotopic (exact) mass is 199 g/mol. The fourth-order valence-corrected chi connectivity index (χ4v) is 1.37. The summed E-state index contributed by atoms with van der Waals surface area (Å²) in [6.07, 6.45) is 3.46. The summed E-state index contributed by atoms with van der Waals surface area (Å²) in [5.74, 6) is 0.667. The lowest BCUT2D eigenvalue weighted by molar-refractivity contribution is 1.04. The Balaban J connectivity index is 2.03. The maximum absolute atomic E-state index is 4.10. The lowest BCUT2D eigenvalue weighted by atomic mass is 10.1. The Morgan fingerprint density at radius 2 is 1.80 bits per heavy atom. The molecule has 15 heavy (non-hydrogen) atoms. The van der Waals surface area contributed by atoms with Crippen molar-refractivity contribution < 1.29 is 0 Å². The summed E-state index contributed by atoms with van der Waals surface area (Å²) in [6.45, 7) is 2.86. The van der Waals surface area contributed by atoms with Gasteiger partial charge in [-0.05, 0) is 24.1 Å². The largest absolute Gasteiger partial charge is 0.350 e. The first-order valence-corrected chi connectivity index (χ1v) is 4.91. The summed E-state index contributed by atoms with van der Waals surface area (Å²) >= 11 is 0. The van der Waals surface area contributed by atoms with Crippen LogP contribution in [0.1, 0.15) is 11.1 Å². The van der Waals surface area contributed by atoms with Crippen molar-refractivity contribution in [2.45, 2.75) is 13.5 Å². The number of hydrogen-bond acceptors (Lipinski definition) is 3. The van der Waals surface area contributed by atoms with E-state index in [0.717, 1.165) is 6.54 Å². The molecule has 0 aliphatic rings. The number of anilines is 1. The van der Waals surface area contributed by atoms with Crippen LogP contribution in [0.25, 0.3) is 0 Å². The summed E-state index contributed by atoms with van der Waals surface area (Å²) in [5, 5.41) is 3.18. The van der Waals surface area contributed by atoms with Crippen LogP contribution < -0.4 is 5.32 Å². The highest BCUT2D eigenvalue weighted by Gasteiger charge is 1.97. The molecule has 3 nitrogen and oxygen atoms in total. The molecule has 0 aliphatic heterocycles. The molecule has 1 aromatic carbocycles. The van der Waals surface area contributed by atoms with Gasteiger partial charge in [0.25, 0.3) is 0 Å². The zero-order chi connectivity index (χ0) is 10.5. The maximum atomic E-state index is 4.10. The normalized spacial score (nSPS) is 9.93. The highest BCUT2D eigenvalue weighted by atomic mass is 15.1. The molecule has 0 spiro atoms. The fourth-order valence-electron chi connectivity index (χ4n) is 1.37. The van der Waals surface area contributed by atoms with Gasteiger partial charge in [0, 0.05) is 18.9 Å². The third-order valence-electron chi connectivity index (χ3n) is 2.26. The number of benzene rings is 1. The van der Waals surface area contributed by atoms with Crippen molar-refractivity contribution in [2.75, 3.05) is 5.32 Å². The molecule has 1 N–H and O–H groups in total. The number of aromatic nitrogens is 2. The first-order chi connectivity index (χ1) is 7.36. The van der Waals surface area contributed by atoms with Crippen molar-refractivity contribution in [1.29, 1.82) is 0 Å². The van der Waals surface area contributed by atoms with Crippen molar-refractivity contribution in [1.82, 2.24) is 9.97 Å². The van der Waals surface area contributed by atoms with Crippen LogP contribution in [-0.2, 0) is 6.54 Å². The van der Waals surface area contributed by atoms with Crippen LogP contribution in [0, 0.1) is 6.92 Å². The molecule has 1 aromatic heterocycles. The minimum absolute atomic E-state index is 0.667. The van der Waals surface area contributed by atoms with E-state index in [0.29, 0.717) is 5.95 Å². The highest BCUT2D eigenvalue weighted by Crippen LogP contribution is 2.08. The molecule has 1 heterocycles. The van der Waals surface area contributed by atoms with Crippen LogP contribution >= 0.6 is 0 Å². The smallest absolute Gasteiger partial charge is 0.222 e. The van der Waals surface area contributed by atoms with Crippen molar-refractivity contribution in [2.24, 2.45) is 0 Å². The molecule has 76 valence electrons. The summed E-state index contributed by atoms with van der Waals surface area (Å²) in [7, 11) is 0. The molecular formula is C12H13N3. The van der Waals surface area contributed by atoms with E-state index in [-0.39, 0.29) is 0 Å². The Kier molecular flexibility index (Phi) is 2.93. The number of aryl methyl sites for hydroxylation is 1. The minimum Gasteiger partial charge on any atom is -0.350 e. The molecular weight excluding hydrogens is 186 g/mol. The predicted molar refractivity (Wildman–Crippen MR) is 60.5 cm³/mol. The lowest BCUT2D eigenvalue weighted by Crippen LogP contribution is -2.03. The summed E-state index contributed by atoms with van der Waals surface area (Å²) in [4.78, 5) is 8.20. The maximum Gasteiger partial charge on any atom is 0.222 e. The molecule has 2 aromatic rings. The highest BCUT2D eigenvalue weighted by molar-refractivity contribution is 5.31. The number of rotatable bonds is 3. The van der Waals surface area contributed by atoms with E-state index < -0.39 is 0 Å². The van der Waals surface area contributed by atoms with Crippen molar-refractivity contribution in [3.05, 3.63) is 53.9 Å². The zero-order valence-electron chi connectivity index (χ0n) is 8.64. The van der Waals surface area contributed by atoms with Gasteiger partial charge < -0.3 is 5.32 Å². The number of hydrogen-bond donors (Lipinski definition) is 1. The first-order valence-electron chi connectivity index (χ1n) is 4.91. The van der Waals surface area contributed by atoms with Gasteiger partial charge in [-0.2, -0.15) is 0 Å². The molecule has 0 fully saturated rings. The number of nitrogens with zero attached hydrogens (tertiary/aromatic N) is 2. The van der Waals surface area contributed by atoms with E-state index in [4.69, 9.17) is 0 Å². The van der Waals surface area contributed by atoms with Crippen LogP contribution in [0.4, 0.5) is 5.95 Å². The third kappa shape index (κ3) is 2.53. The van der Waals surface area contributed by atoms with Gasteiger partial charge in [-0.1, -0.05) is 24.3 Å². The predicted octanol–water partition coefficient (Wildman–Crippen LogP) is 2.40. The van der Waals surface area contributed by atoms with Gasteiger partial charge in [-0.25, -0.2) is 9.97 Å². The SMILES string of the molecule is Cc1ccccc1CNc1ncccn1. The van der Waals surface area contributed by atoms with Crippen LogP contribution in [0.5, 0.6) is 0 Å². The second-order valence-electron chi connectivity index (χ2n) is 3.35. The zero-order valence-corrected chi connectivity index (χ0v) is 8.64. The van der Waals surface area contributed by atoms with E-state index in [2.05, 4.69) is 34.3 Å². The molecule has 0 saturated heterocycles. The molecule has 2 rings (SSSR count). The standard InChI is InChI=1S/C12H13N3/c1-10-5-2-3-6-11(10)9-15-12-13-7-4-8-14-12/h2-8H,9H2,1H3,(H,13,14,15). The van der Waals surface area contributed by atoms with Gasteiger partial charge >= 0.3 is 0 Å². The lowest BCUT2D eigenvalue weighted by Gasteiger charge is -2.06. The van der Waals surface area contributed by atoms with Crippen LogP contribution in [0.2, 0.25) is 0 Å². The van der Waals surface area contributed by atoms with Crippen molar-refractivity contribution in [3.63, 3.8) is 0 Å². The molecule has 3 heteroatoms. The third-order valence-corrected chi connectivity index (χ3v) is 2.26. The summed E-state index contributed by atoms with van der Waals surface area (Å²) < 4.78 is 0. The van der Waals surface area contributed by atoms with E-state index in [1.807, 2.05) is 12.1 Å². The van der Waals surface area contributed by atoms with Crippen molar-refractivity contribution in [3.8, 4) is 0 Å². The Morgan fingerprint density at radius 1 is 1.07 bits per heavy atom. The Hall–Kier alpha value is -1.90. The average Bonchev–Trinajstić information content (AvgIpc) is 2.29.